The summed E-state index contributed by atoms with van der Waals surface area (Å²) in [5, 5.41) is 0. The highest BCUT2D eigenvalue weighted by atomic mass is 32.2. The molecule has 2 aromatic rings. The summed E-state index contributed by atoms with van der Waals surface area (Å²) in [4.78, 5) is 27.0. The van der Waals surface area contributed by atoms with Crippen LogP contribution in [0.5, 0.6) is 0 Å². The zero-order valence-corrected chi connectivity index (χ0v) is 19.2. The quantitative estimate of drug-likeness (QED) is 0.631. The summed E-state index contributed by atoms with van der Waals surface area (Å²) in [7, 11) is -0.0418. The molecule has 0 bridgehead atoms. The van der Waals surface area contributed by atoms with E-state index < -0.39 is 21.8 Å². The van der Waals surface area contributed by atoms with Crippen molar-refractivity contribution in [1.29, 1.82) is 0 Å². The van der Waals surface area contributed by atoms with Crippen LogP contribution >= 0.6 is 0 Å². The molecule has 1 fully saturated rings. The molecule has 0 aliphatic carbocycles. The van der Waals surface area contributed by atoms with Crippen molar-refractivity contribution in [3.63, 3.8) is 0 Å². The third-order valence-electron chi connectivity index (χ3n) is 5.21. The average molecular weight is 461 g/mol. The maximum atomic E-state index is 13.1. The molecule has 172 valence electrons. The number of rotatable bonds is 6. The van der Waals surface area contributed by atoms with Gasteiger partial charge < -0.3 is 9.64 Å². The van der Waals surface area contributed by atoms with Crippen LogP contribution in [-0.2, 0) is 21.2 Å². The number of amides is 2. The molecular weight excluding hydrogens is 432 g/mol. The first-order valence-corrected chi connectivity index (χ1v) is 11.8. The van der Waals surface area contributed by atoms with E-state index >= 15 is 0 Å². The van der Waals surface area contributed by atoms with E-state index in [1.54, 1.807) is 30.3 Å². The SMILES string of the molecule is CCc1ccc(C(=O)NNC(=O)c2cccc(N(C)C)c2)cc1S(=O)(=O)N1CCOCC1. The van der Waals surface area contributed by atoms with Gasteiger partial charge in [0.15, 0.2) is 0 Å². The predicted octanol–water partition coefficient (Wildman–Crippen LogP) is 1.41. The van der Waals surface area contributed by atoms with Crippen molar-refractivity contribution in [3.05, 3.63) is 59.2 Å². The minimum atomic E-state index is -3.77. The molecule has 1 aliphatic heterocycles. The van der Waals surface area contributed by atoms with E-state index in [1.807, 2.05) is 32.0 Å². The maximum absolute atomic E-state index is 13.1. The molecule has 0 radical (unpaired) electrons. The second-order valence-electron chi connectivity index (χ2n) is 7.55. The molecule has 0 saturated carbocycles. The summed E-state index contributed by atoms with van der Waals surface area (Å²) in [6, 6.07) is 11.5. The summed E-state index contributed by atoms with van der Waals surface area (Å²) >= 11 is 0. The summed E-state index contributed by atoms with van der Waals surface area (Å²) in [5.41, 5.74) is 6.73. The van der Waals surface area contributed by atoms with Crippen molar-refractivity contribution in [1.82, 2.24) is 15.2 Å². The van der Waals surface area contributed by atoms with E-state index in [2.05, 4.69) is 10.9 Å². The summed E-state index contributed by atoms with van der Waals surface area (Å²) in [6.07, 6.45) is 0.500. The molecule has 1 aliphatic rings. The van der Waals surface area contributed by atoms with Crippen molar-refractivity contribution in [3.8, 4) is 0 Å². The van der Waals surface area contributed by atoms with Crippen LogP contribution in [-0.4, -0.2) is 64.9 Å². The number of hydrogen-bond donors (Lipinski definition) is 2. The van der Waals surface area contributed by atoms with Gasteiger partial charge in [-0.3, -0.25) is 20.4 Å². The molecule has 32 heavy (non-hydrogen) atoms. The normalized spacial score (nSPS) is 14.6. The molecule has 1 heterocycles. The molecule has 1 saturated heterocycles. The zero-order valence-electron chi connectivity index (χ0n) is 18.4. The van der Waals surface area contributed by atoms with Crippen LogP contribution in [0.3, 0.4) is 0 Å². The first-order valence-electron chi connectivity index (χ1n) is 10.3. The first kappa shape index (κ1) is 23.7. The van der Waals surface area contributed by atoms with E-state index in [0.29, 0.717) is 30.8 Å². The number of nitrogens with one attached hydrogen (secondary N) is 2. The summed E-state index contributed by atoms with van der Waals surface area (Å²) < 4.78 is 32.9. The Morgan fingerprint density at radius 2 is 1.62 bits per heavy atom. The smallest absolute Gasteiger partial charge is 0.269 e. The van der Waals surface area contributed by atoms with Crippen LogP contribution in [0.2, 0.25) is 0 Å². The number of carbonyl (C=O) groups is 2. The Hall–Kier alpha value is -2.95. The fraction of sp³-hybridized carbons (Fsp3) is 0.364. The van der Waals surface area contributed by atoms with Crippen molar-refractivity contribution in [2.75, 3.05) is 45.3 Å². The molecule has 2 N–H and O–H groups in total. The van der Waals surface area contributed by atoms with E-state index in [9.17, 15) is 18.0 Å². The number of hydrazine groups is 1. The lowest BCUT2D eigenvalue weighted by Crippen LogP contribution is -2.42. The highest BCUT2D eigenvalue weighted by Gasteiger charge is 2.29. The van der Waals surface area contributed by atoms with Crippen LogP contribution in [0.15, 0.2) is 47.4 Å². The van der Waals surface area contributed by atoms with E-state index in [4.69, 9.17) is 4.74 Å². The lowest BCUT2D eigenvalue weighted by atomic mass is 10.1. The van der Waals surface area contributed by atoms with Gasteiger partial charge >= 0.3 is 0 Å². The Bertz CT molecular complexity index is 1100. The van der Waals surface area contributed by atoms with Gasteiger partial charge in [-0.2, -0.15) is 4.31 Å². The largest absolute Gasteiger partial charge is 0.379 e. The molecule has 2 amide bonds. The van der Waals surface area contributed by atoms with Crippen LogP contribution in [0.1, 0.15) is 33.2 Å². The van der Waals surface area contributed by atoms with Gasteiger partial charge in [-0.15, -0.1) is 0 Å². The molecule has 9 nitrogen and oxygen atoms in total. The Balaban J connectivity index is 1.76. The Kier molecular flexibility index (Phi) is 7.49. The van der Waals surface area contributed by atoms with Crippen LogP contribution in [0.4, 0.5) is 5.69 Å². The number of ether oxygens (including phenoxy) is 1. The van der Waals surface area contributed by atoms with Gasteiger partial charge in [-0.05, 0) is 42.3 Å². The van der Waals surface area contributed by atoms with Gasteiger partial charge in [0.05, 0.1) is 18.1 Å². The van der Waals surface area contributed by atoms with E-state index in [0.717, 1.165) is 5.69 Å². The van der Waals surface area contributed by atoms with Crippen molar-refractivity contribution in [2.45, 2.75) is 18.2 Å². The summed E-state index contributed by atoms with van der Waals surface area (Å²) in [6.45, 7) is 3.06. The van der Waals surface area contributed by atoms with Gasteiger partial charge in [-0.1, -0.05) is 19.1 Å². The third-order valence-corrected chi connectivity index (χ3v) is 7.19. The number of nitrogens with zero attached hydrogens (tertiary/aromatic N) is 2. The number of hydrogen-bond acceptors (Lipinski definition) is 6. The average Bonchev–Trinajstić information content (AvgIpc) is 2.82. The molecule has 10 heteroatoms. The minimum absolute atomic E-state index is 0.0968. The van der Waals surface area contributed by atoms with Gasteiger partial charge in [-0.25, -0.2) is 8.42 Å². The lowest BCUT2D eigenvalue weighted by molar-refractivity contribution is 0.0730. The number of morpholine rings is 1. The van der Waals surface area contributed by atoms with Crippen molar-refractivity contribution in [2.24, 2.45) is 0 Å². The van der Waals surface area contributed by atoms with Gasteiger partial charge in [0, 0.05) is 44.0 Å². The third kappa shape index (κ3) is 5.26. The van der Waals surface area contributed by atoms with E-state index in [1.165, 1.54) is 10.4 Å². The van der Waals surface area contributed by atoms with Crippen molar-refractivity contribution < 1.29 is 22.7 Å². The number of anilines is 1. The predicted molar refractivity (Wildman–Crippen MR) is 121 cm³/mol. The van der Waals surface area contributed by atoms with Gasteiger partial charge in [0.1, 0.15) is 0 Å². The standard InChI is InChI=1S/C22H28N4O5S/c1-4-16-8-9-18(15-20(16)32(29,30)26-10-12-31-13-11-26)22(28)24-23-21(27)17-6-5-7-19(14-17)25(2)3/h5-9,14-15H,4,10-13H2,1-3H3,(H,23,27)(H,24,28). The Labute approximate surface area is 188 Å². The molecule has 0 spiro atoms. The van der Waals surface area contributed by atoms with Crippen LogP contribution in [0, 0.1) is 0 Å². The van der Waals surface area contributed by atoms with Crippen molar-refractivity contribution >= 4 is 27.5 Å². The zero-order chi connectivity index (χ0) is 23.3. The number of benzene rings is 2. The Morgan fingerprint density at radius 3 is 2.22 bits per heavy atom. The lowest BCUT2D eigenvalue weighted by Gasteiger charge is -2.27. The van der Waals surface area contributed by atoms with Crippen LogP contribution < -0.4 is 15.8 Å². The molecular formula is C22H28N4O5S. The molecule has 0 atom stereocenters. The number of aryl methyl sites for hydroxylation is 1. The Morgan fingerprint density at radius 1 is 1.00 bits per heavy atom. The van der Waals surface area contributed by atoms with Crippen LogP contribution in [0.25, 0.3) is 0 Å². The number of sulfonamides is 1. The maximum Gasteiger partial charge on any atom is 0.269 e. The van der Waals surface area contributed by atoms with Gasteiger partial charge in [0.25, 0.3) is 11.8 Å². The summed E-state index contributed by atoms with van der Waals surface area (Å²) in [5.74, 6) is -1.09. The second kappa shape index (κ2) is 10.1. The molecule has 0 unspecified atom stereocenters. The molecule has 3 rings (SSSR count). The monoisotopic (exact) mass is 460 g/mol. The fourth-order valence-electron chi connectivity index (χ4n) is 3.34. The topological polar surface area (TPSA) is 108 Å². The second-order valence-corrected chi connectivity index (χ2v) is 9.45. The number of carbonyl (C=O) groups excluding carboxylic acids is 2. The first-order chi connectivity index (χ1) is 15.2. The molecule has 0 aromatic heterocycles. The highest BCUT2D eigenvalue weighted by Crippen LogP contribution is 2.23. The fourth-order valence-corrected chi connectivity index (χ4v) is 5.06. The minimum Gasteiger partial charge on any atom is -0.379 e. The van der Waals surface area contributed by atoms with Gasteiger partial charge in [0.2, 0.25) is 10.0 Å². The molecule has 2 aromatic carbocycles. The van der Waals surface area contributed by atoms with E-state index in [-0.39, 0.29) is 23.5 Å². The highest BCUT2D eigenvalue weighted by molar-refractivity contribution is 7.89.